The highest BCUT2D eigenvalue weighted by molar-refractivity contribution is 14.1. The van der Waals surface area contributed by atoms with Crippen molar-refractivity contribution >= 4 is 30.4 Å². The molecule has 2 fully saturated rings. The predicted octanol–water partition coefficient (Wildman–Crippen LogP) is 0.599. The van der Waals surface area contributed by atoms with Crippen molar-refractivity contribution in [2.45, 2.75) is 24.9 Å². The van der Waals surface area contributed by atoms with Crippen molar-refractivity contribution in [1.29, 1.82) is 0 Å². The van der Waals surface area contributed by atoms with Crippen LogP contribution in [0.25, 0.3) is 0 Å². The van der Waals surface area contributed by atoms with E-state index in [-0.39, 0.29) is 6.61 Å². The second kappa shape index (κ2) is 5.60. The number of H-pyrrole nitrogens is 1. The molecule has 11 heteroatoms. The van der Waals surface area contributed by atoms with Gasteiger partial charge in [0.25, 0.3) is 5.56 Å². The molecule has 9 nitrogen and oxygen atoms in total. The predicted molar refractivity (Wildman–Crippen MR) is 78.0 cm³/mol. The maximum atomic E-state index is 11.9. The molecule has 2 saturated heterocycles. The molecule has 2 aliphatic rings. The minimum absolute atomic E-state index is 0.0570. The molecule has 4 atom stereocenters. The van der Waals surface area contributed by atoms with E-state index in [2.05, 4.69) is 4.98 Å². The Kier molecular flexibility index (Phi) is 4.10. The molecular weight excluding hydrogens is 418 g/mol. The molecule has 116 valence electrons. The lowest BCUT2D eigenvalue weighted by Crippen LogP contribution is -2.34. The van der Waals surface area contributed by atoms with Gasteiger partial charge in [-0.3, -0.25) is 27.9 Å². The Bertz CT molecular complexity index is 716. The molecule has 3 rings (SSSR count). The molecular formula is C10H12IN2O7P. The molecule has 0 spiro atoms. The summed E-state index contributed by atoms with van der Waals surface area (Å²) in [4.78, 5) is 25.4. The lowest BCUT2D eigenvalue weighted by atomic mass is 10.2. The summed E-state index contributed by atoms with van der Waals surface area (Å²) in [7, 11) is -2.30. The van der Waals surface area contributed by atoms with Crippen molar-refractivity contribution in [1.82, 2.24) is 9.55 Å². The number of nitrogens with one attached hydrogen (secondary N) is 1. The van der Waals surface area contributed by atoms with Crippen LogP contribution in [-0.2, 0) is 22.9 Å². The summed E-state index contributed by atoms with van der Waals surface area (Å²) in [6.45, 7) is 0.0570. The zero-order valence-electron chi connectivity index (χ0n) is 10.9. The number of nitrogens with zero attached hydrogens (tertiary/aromatic N) is 1. The Hall–Kier alpha value is -0.520. The number of phosphoric acid groups is 1. The molecule has 1 aromatic heterocycles. The molecule has 0 aromatic carbocycles. The van der Waals surface area contributed by atoms with Gasteiger partial charge in [-0.2, -0.15) is 0 Å². The third kappa shape index (κ3) is 2.88. The largest absolute Gasteiger partial charge is 0.474 e. The summed E-state index contributed by atoms with van der Waals surface area (Å²) in [6, 6.07) is 0. The van der Waals surface area contributed by atoms with Gasteiger partial charge < -0.3 is 4.74 Å². The average molecular weight is 430 g/mol. The lowest BCUT2D eigenvalue weighted by Gasteiger charge is -2.28. The fourth-order valence-corrected chi connectivity index (χ4v) is 3.83. The highest BCUT2D eigenvalue weighted by atomic mass is 127. The van der Waals surface area contributed by atoms with E-state index in [1.165, 1.54) is 17.9 Å². The highest BCUT2D eigenvalue weighted by Gasteiger charge is 2.47. The number of rotatable bonds is 2. The molecule has 1 aromatic rings. The monoisotopic (exact) mass is 430 g/mol. The van der Waals surface area contributed by atoms with Gasteiger partial charge in [0.15, 0.2) is 0 Å². The summed E-state index contributed by atoms with van der Waals surface area (Å²) >= 11 is 1.83. The zero-order chi connectivity index (χ0) is 15.2. The van der Waals surface area contributed by atoms with Crippen LogP contribution in [0.2, 0.25) is 0 Å². The summed E-state index contributed by atoms with van der Waals surface area (Å²) < 4.78 is 34.3. The number of aromatic nitrogens is 2. The molecule has 3 unspecified atom stereocenters. The highest BCUT2D eigenvalue weighted by Crippen LogP contribution is 2.55. The molecule has 0 radical (unpaired) electrons. The van der Waals surface area contributed by atoms with E-state index in [0.29, 0.717) is 9.99 Å². The first-order valence-corrected chi connectivity index (χ1v) is 8.61. The van der Waals surface area contributed by atoms with E-state index in [0.717, 1.165) is 0 Å². The molecule has 0 bridgehead atoms. The van der Waals surface area contributed by atoms with E-state index >= 15 is 0 Å². The van der Waals surface area contributed by atoms with Crippen LogP contribution in [0.5, 0.6) is 0 Å². The van der Waals surface area contributed by atoms with E-state index in [1.807, 2.05) is 22.6 Å². The Labute approximate surface area is 132 Å². The summed E-state index contributed by atoms with van der Waals surface area (Å²) in [5.41, 5.74) is -1.02. The topological polar surface area (TPSA) is 109 Å². The van der Waals surface area contributed by atoms with Gasteiger partial charge in [0.1, 0.15) is 18.4 Å². The van der Waals surface area contributed by atoms with Gasteiger partial charge in [-0.1, -0.05) is 0 Å². The van der Waals surface area contributed by atoms with Gasteiger partial charge in [0.05, 0.1) is 10.2 Å². The molecule has 0 aliphatic carbocycles. The number of halogens is 1. The van der Waals surface area contributed by atoms with Gasteiger partial charge in [0.2, 0.25) is 0 Å². The average Bonchev–Trinajstić information content (AvgIpc) is 2.85. The SMILES string of the molecule is COP1(=O)OCC2O[C@@H](n3cc(I)c(=O)[nH]c3=O)CC2O1. The van der Waals surface area contributed by atoms with E-state index in [4.69, 9.17) is 18.3 Å². The molecule has 0 saturated carbocycles. The van der Waals surface area contributed by atoms with Crippen LogP contribution in [0.4, 0.5) is 0 Å². The van der Waals surface area contributed by atoms with Gasteiger partial charge in [0, 0.05) is 19.7 Å². The van der Waals surface area contributed by atoms with Crippen LogP contribution in [-0.4, -0.2) is 35.5 Å². The normalized spacial score (nSPS) is 35.6. The van der Waals surface area contributed by atoms with Crippen LogP contribution in [0, 0.1) is 3.57 Å². The number of fused-ring (bicyclic) bond motifs is 1. The molecule has 3 heterocycles. The van der Waals surface area contributed by atoms with E-state index in [9.17, 15) is 14.2 Å². The van der Waals surface area contributed by atoms with Crippen LogP contribution >= 0.6 is 30.4 Å². The number of aromatic amines is 1. The summed E-state index contributed by atoms with van der Waals surface area (Å²) in [6.07, 6.45) is 0.170. The van der Waals surface area contributed by atoms with Gasteiger partial charge in [-0.05, 0) is 22.6 Å². The summed E-state index contributed by atoms with van der Waals surface area (Å²) in [5, 5.41) is 0. The molecule has 21 heavy (non-hydrogen) atoms. The second-order valence-electron chi connectivity index (χ2n) is 4.58. The Morgan fingerprint density at radius 2 is 2.24 bits per heavy atom. The Morgan fingerprint density at radius 3 is 2.95 bits per heavy atom. The van der Waals surface area contributed by atoms with Crippen molar-refractivity contribution in [3.05, 3.63) is 30.6 Å². The van der Waals surface area contributed by atoms with Crippen LogP contribution in [0.1, 0.15) is 12.6 Å². The number of phosphoric ester groups is 1. The molecule has 2 aliphatic heterocycles. The third-order valence-electron chi connectivity index (χ3n) is 3.30. The number of hydrogen-bond donors (Lipinski definition) is 1. The van der Waals surface area contributed by atoms with Crippen LogP contribution in [0.3, 0.4) is 0 Å². The van der Waals surface area contributed by atoms with Crippen molar-refractivity contribution in [2.24, 2.45) is 0 Å². The number of hydrogen-bond acceptors (Lipinski definition) is 7. The maximum absolute atomic E-state index is 11.9. The first-order chi connectivity index (χ1) is 9.92. The van der Waals surface area contributed by atoms with Gasteiger partial charge in [-0.15, -0.1) is 0 Å². The minimum atomic E-state index is -3.54. The van der Waals surface area contributed by atoms with Gasteiger partial charge in [-0.25, -0.2) is 9.36 Å². The third-order valence-corrected chi connectivity index (χ3v) is 5.51. The van der Waals surface area contributed by atoms with Crippen LogP contribution in [0.15, 0.2) is 15.8 Å². The zero-order valence-corrected chi connectivity index (χ0v) is 13.9. The van der Waals surface area contributed by atoms with E-state index < -0.39 is 37.5 Å². The smallest absolute Gasteiger partial charge is 0.349 e. The van der Waals surface area contributed by atoms with Crippen molar-refractivity contribution < 1.29 is 22.9 Å². The van der Waals surface area contributed by atoms with Gasteiger partial charge >= 0.3 is 13.5 Å². The fourth-order valence-electron chi connectivity index (χ4n) is 2.26. The standard InChI is InChI=1S/C10H12IN2O7P/c1-17-21(16)18-4-7-6(20-21)2-8(19-7)13-3-5(11)9(14)12-10(13)15/h3,6-8H,2,4H2,1H3,(H,12,14,15)/t6?,7?,8-,21?/m1/s1. The second-order valence-corrected chi connectivity index (χ2v) is 7.47. The maximum Gasteiger partial charge on any atom is 0.474 e. The summed E-state index contributed by atoms with van der Waals surface area (Å²) in [5.74, 6) is 0. The molecule has 1 N–H and O–H groups in total. The number of ether oxygens (including phenoxy) is 1. The van der Waals surface area contributed by atoms with Crippen molar-refractivity contribution in [3.63, 3.8) is 0 Å². The Morgan fingerprint density at radius 1 is 1.48 bits per heavy atom. The van der Waals surface area contributed by atoms with Crippen molar-refractivity contribution in [3.8, 4) is 0 Å². The van der Waals surface area contributed by atoms with Crippen LogP contribution < -0.4 is 11.2 Å². The van der Waals surface area contributed by atoms with Crippen molar-refractivity contribution in [2.75, 3.05) is 13.7 Å². The quantitative estimate of drug-likeness (QED) is 0.541. The minimum Gasteiger partial charge on any atom is -0.349 e. The fraction of sp³-hybridized carbons (Fsp3) is 0.600. The molecule has 0 amide bonds. The lowest BCUT2D eigenvalue weighted by molar-refractivity contribution is -0.0702. The first-order valence-electron chi connectivity index (χ1n) is 6.07. The first kappa shape index (κ1) is 15.4. The van der Waals surface area contributed by atoms with E-state index in [1.54, 1.807) is 0 Å². The Balaban J connectivity index is 1.85.